The van der Waals surface area contributed by atoms with Gasteiger partial charge >= 0.3 is 17.9 Å². The molecule has 0 saturated carbocycles. The van der Waals surface area contributed by atoms with E-state index in [1.165, 1.54) is 26.0 Å². The molecule has 10 heteroatoms. The average Bonchev–Trinajstić information content (AvgIpc) is 2.72. The van der Waals surface area contributed by atoms with E-state index in [1.807, 2.05) is 0 Å². The van der Waals surface area contributed by atoms with E-state index in [4.69, 9.17) is 14.2 Å². The lowest BCUT2D eigenvalue weighted by molar-refractivity contribution is -0.158. The van der Waals surface area contributed by atoms with Crippen molar-refractivity contribution in [3.8, 4) is 0 Å². The maximum Gasteiger partial charge on any atom is 0.336 e. The topological polar surface area (TPSA) is 120 Å². The molecule has 0 fully saturated rings. The zero-order chi connectivity index (χ0) is 22.4. The Morgan fingerprint density at radius 3 is 2.20 bits per heavy atom. The summed E-state index contributed by atoms with van der Waals surface area (Å²) in [6.45, 7) is 2.32. The van der Waals surface area contributed by atoms with Gasteiger partial charge in [0.15, 0.2) is 6.61 Å². The highest BCUT2D eigenvalue weighted by molar-refractivity contribution is 6.10. The molecular weight excluding hydrogens is 399 g/mol. The normalized spacial score (nSPS) is 18.2. The molecule has 30 heavy (non-hydrogen) atoms. The van der Waals surface area contributed by atoms with Gasteiger partial charge in [0.05, 0.1) is 19.8 Å². The molecule has 9 nitrogen and oxygen atoms in total. The number of benzene rings is 1. The van der Waals surface area contributed by atoms with Crippen LogP contribution in [-0.2, 0) is 33.4 Å². The van der Waals surface area contributed by atoms with Gasteiger partial charge in [-0.05, 0) is 38.1 Å². The molecule has 1 aliphatic heterocycles. The molecule has 0 radical (unpaired) electrons. The summed E-state index contributed by atoms with van der Waals surface area (Å²) in [4.78, 5) is 53.5. The Labute approximate surface area is 171 Å². The molecular formula is C20H21FN2O7. The first-order chi connectivity index (χ1) is 14.2. The molecule has 1 aromatic carbocycles. The van der Waals surface area contributed by atoms with Crippen LogP contribution in [0.4, 0.5) is 10.1 Å². The second-order valence-corrected chi connectivity index (χ2v) is 6.39. The van der Waals surface area contributed by atoms with Crippen molar-refractivity contribution >= 4 is 35.2 Å². The predicted octanol–water partition coefficient (Wildman–Crippen LogP) is 1.63. The zero-order valence-corrected chi connectivity index (χ0v) is 16.9. The van der Waals surface area contributed by atoms with Gasteiger partial charge in [-0.25, -0.2) is 9.18 Å². The van der Waals surface area contributed by atoms with Crippen LogP contribution in [0.15, 0.2) is 40.5 Å². The molecule has 2 rings (SSSR count). The second-order valence-electron chi connectivity index (χ2n) is 6.39. The van der Waals surface area contributed by atoms with Gasteiger partial charge in [-0.15, -0.1) is 0 Å². The minimum atomic E-state index is -1.39. The first-order valence-electron chi connectivity index (χ1n) is 8.83. The van der Waals surface area contributed by atoms with Gasteiger partial charge in [0.25, 0.3) is 5.91 Å². The second kappa shape index (κ2) is 9.77. The Balaban J connectivity index is 2.20. The zero-order valence-electron chi connectivity index (χ0n) is 16.9. The fraction of sp³-hybridized carbons (Fsp3) is 0.350. The molecule has 0 bridgehead atoms. The van der Waals surface area contributed by atoms with Crippen LogP contribution in [0.1, 0.15) is 13.8 Å². The fourth-order valence-corrected chi connectivity index (χ4v) is 3.06. The highest BCUT2D eigenvalue weighted by atomic mass is 19.1. The Morgan fingerprint density at radius 2 is 1.63 bits per heavy atom. The van der Waals surface area contributed by atoms with Gasteiger partial charge in [0.2, 0.25) is 0 Å². The molecule has 1 unspecified atom stereocenters. The van der Waals surface area contributed by atoms with E-state index in [9.17, 15) is 23.6 Å². The van der Waals surface area contributed by atoms with Crippen LogP contribution in [0.2, 0.25) is 0 Å². The van der Waals surface area contributed by atoms with Crippen molar-refractivity contribution in [2.45, 2.75) is 13.8 Å². The van der Waals surface area contributed by atoms with Crippen molar-refractivity contribution in [3.63, 3.8) is 0 Å². The molecule has 0 saturated heterocycles. The van der Waals surface area contributed by atoms with Crippen molar-refractivity contribution in [2.24, 2.45) is 16.8 Å². The minimum absolute atomic E-state index is 0.151. The number of aliphatic imine (C=N–C) groups is 1. The third kappa shape index (κ3) is 5.07. The number of carbonyl (C=O) groups is 4. The number of nitrogens with zero attached hydrogens (tertiary/aromatic N) is 1. The van der Waals surface area contributed by atoms with E-state index in [-0.39, 0.29) is 17.0 Å². The summed E-state index contributed by atoms with van der Waals surface area (Å²) in [6.07, 6.45) is 0. The summed E-state index contributed by atoms with van der Waals surface area (Å²) >= 11 is 0. The molecule has 1 aliphatic rings. The number of carbonyl (C=O) groups excluding carboxylic acids is 4. The highest BCUT2D eigenvalue weighted by Crippen LogP contribution is 2.33. The molecule has 0 spiro atoms. The quantitative estimate of drug-likeness (QED) is 0.549. The van der Waals surface area contributed by atoms with E-state index < -0.39 is 48.1 Å². The van der Waals surface area contributed by atoms with Gasteiger partial charge in [-0.1, -0.05) is 0 Å². The molecule has 1 heterocycles. The molecule has 0 aliphatic carbocycles. The SMILES string of the molecule is COC(=O)C1=C(C)N=C(C)C(C(=O)OC)[C@@H]1C(=O)OCC(=O)Nc1ccc(F)cc1. The number of methoxy groups -OCH3 is 2. The first kappa shape index (κ1) is 22.7. The third-order valence-electron chi connectivity index (χ3n) is 4.42. The number of hydrogen-bond donors (Lipinski definition) is 1. The monoisotopic (exact) mass is 420 g/mol. The summed E-state index contributed by atoms with van der Waals surface area (Å²) in [7, 11) is 2.26. The summed E-state index contributed by atoms with van der Waals surface area (Å²) in [6, 6.07) is 4.99. The van der Waals surface area contributed by atoms with Gasteiger partial charge < -0.3 is 19.5 Å². The number of halogens is 1. The third-order valence-corrected chi connectivity index (χ3v) is 4.42. The van der Waals surface area contributed by atoms with Gasteiger partial charge in [0.1, 0.15) is 17.7 Å². The molecule has 1 N–H and O–H groups in total. The Bertz CT molecular complexity index is 922. The van der Waals surface area contributed by atoms with Crippen LogP contribution < -0.4 is 5.32 Å². The average molecular weight is 420 g/mol. The summed E-state index contributed by atoms with van der Waals surface area (Å²) < 4.78 is 27.4. The number of rotatable bonds is 6. The number of anilines is 1. The lowest BCUT2D eigenvalue weighted by atomic mass is 9.80. The van der Waals surface area contributed by atoms with Crippen molar-refractivity contribution in [1.82, 2.24) is 0 Å². The minimum Gasteiger partial charge on any atom is -0.468 e. The number of allylic oxidation sites excluding steroid dienone is 1. The van der Waals surface area contributed by atoms with Crippen LogP contribution >= 0.6 is 0 Å². The number of amides is 1. The van der Waals surface area contributed by atoms with Crippen LogP contribution in [0.25, 0.3) is 0 Å². The first-order valence-corrected chi connectivity index (χ1v) is 8.83. The lowest BCUT2D eigenvalue weighted by Gasteiger charge is -2.29. The van der Waals surface area contributed by atoms with Crippen LogP contribution in [0.5, 0.6) is 0 Å². The Morgan fingerprint density at radius 1 is 1.00 bits per heavy atom. The van der Waals surface area contributed by atoms with Gasteiger partial charge in [-0.3, -0.25) is 19.4 Å². The van der Waals surface area contributed by atoms with Gasteiger partial charge in [0, 0.05) is 17.1 Å². The molecule has 160 valence electrons. The molecule has 1 amide bonds. The van der Waals surface area contributed by atoms with Crippen LogP contribution in [0, 0.1) is 17.7 Å². The summed E-state index contributed by atoms with van der Waals surface area (Å²) in [5, 5.41) is 2.43. The van der Waals surface area contributed by atoms with Gasteiger partial charge in [-0.2, -0.15) is 0 Å². The van der Waals surface area contributed by atoms with Crippen LogP contribution in [0.3, 0.4) is 0 Å². The highest BCUT2D eigenvalue weighted by Gasteiger charge is 2.46. The Kier molecular flexibility index (Phi) is 7.40. The standard InChI is InChI=1S/C20H21FN2O7/c1-10-15(18(25)28-3)17(16(11(2)22-10)19(26)29-4)20(27)30-9-14(24)23-13-7-5-12(21)6-8-13/h5-8,15,17H,9H2,1-4H3,(H,23,24)/t15?,17-/m0/s1. The largest absolute Gasteiger partial charge is 0.468 e. The van der Waals surface area contributed by atoms with E-state index >= 15 is 0 Å². The number of ether oxygens (including phenoxy) is 3. The number of hydrogen-bond acceptors (Lipinski definition) is 8. The fourth-order valence-electron chi connectivity index (χ4n) is 3.06. The van der Waals surface area contributed by atoms with E-state index in [0.29, 0.717) is 5.69 Å². The maximum absolute atomic E-state index is 12.9. The molecule has 2 atom stereocenters. The van der Waals surface area contributed by atoms with E-state index in [2.05, 4.69) is 10.3 Å². The summed E-state index contributed by atoms with van der Waals surface area (Å²) in [5.41, 5.74) is 0.598. The van der Waals surface area contributed by atoms with E-state index in [1.54, 1.807) is 0 Å². The maximum atomic E-state index is 12.9. The van der Waals surface area contributed by atoms with Crippen molar-refractivity contribution in [1.29, 1.82) is 0 Å². The smallest absolute Gasteiger partial charge is 0.336 e. The van der Waals surface area contributed by atoms with Crippen molar-refractivity contribution in [3.05, 3.63) is 41.4 Å². The lowest BCUT2D eigenvalue weighted by Crippen LogP contribution is -2.42. The Hall–Kier alpha value is -3.56. The number of nitrogens with one attached hydrogen (secondary N) is 1. The molecule has 1 aromatic rings. The van der Waals surface area contributed by atoms with E-state index in [0.717, 1.165) is 26.4 Å². The van der Waals surface area contributed by atoms with Crippen LogP contribution in [-0.4, -0.2) is 50.4 Å². The number of esters is 3. The molecule has 0 aromatic heterocycles. The predicted molar refractivity (Wildman–Crippen MR) is 103 cm³/mol. The van der Waals surface area contributed by atoms with Crippen molar-refractivity contribution in [2.75, 3.05) is 26.1 Å². The summed E-state index contributed by atoms with van der Waals surface area (Å²) in [5.74, 6) is -6.39. The van der Waals surface area contributed by atoms with Crippen molar-refractivity contribution < 1.29 is 37.8 Å².